The molecule has 0 bridgehead atoms. The van der Waals surface area contributed by atoms with Crippen LogP contribution < -0.4 is 14.3 Å². The molecule has 11 heteroatoms. The molecule has 0 saturated carbocycles. The first-order valence-electron chi connectivity index (χ1n) is 11.4. The monoisotopic (exact) mass is 531 g/mol. The zero-order valence-corrected chi connectivity index (χ0v) is 22.3. The zero-order valence-electron chi connectivity index (χ0n) is 20.6. The Morgan fingerprint density at radius 3 is 2.33 bits per heavy atom. The third-order valence-electron chi connectivity index (χ3n) is 5.82. The number of hydrogen-bond donors (Lipinski definition) is 0. The van der Waals surface area contributed by atoms with Gasteiger partial charge in [0.15, 0.2) is 16.3 Å². The number of carbonyl (C=O) groups is 1. The molecule has 1 amide bonds. The fourth-order valence-electron chi connectivity index (χ4n) is 4.18. The fourth-order valence-corrected chi connectivity index (χ4v) is 6.82. The van der Waals surface area contributed by atoms with E-state index in [-0.39, 0.29) is 35.8 Å². The van der Waals surface area contributed by atoms with Crippen LogP contribution in [-0.4, -0.2) is 62.7 Å². The molecule has 2 heterocycles. The number of morpholine rings is 1. The lowest BCUT2D eigenvalue weighted by atomic mass is 10.2. The number of hydrogen-bond acceptors (Lipinski definition) is 7. The number of fused-ring (bicyclic) bond motifs is 1. The van der Waals surface area contributed by atoms with Crippen LogP contribution in [0.5, 0.6) is 11.5 Å². The number of benzene rings is 2. The second kappa shape index (κ2) is 10.6. The van der Waals surface area contributed by atoms with Gasteiger partial charge in [-0.25, -0.2) is 8.42 Å². The number of allylic oxidation sites excluding steroid dienone is 1. The minimum atomic E-state index is -3.70. The van der Waals surface area contributed by atoms with Crippen LogP contribution in [0.25, 0.3) is 10.2 Å². The standard InChI is InChI=1S/C25H29N3O6S2/c1-6-11-28-20-12-21(32-4)22(33-5)13-23(20)35-25(28)26-24(29)18-7-9-19(10-8-18)36(30,31)27-14-16(2)34-17(3)15-27/h6-10,12-13,16-17H,1,11,14-15H2,2-5H3/t16-,17-/m1/s1. The number of nitrogens with zero attached hydrogens (tertiary/aromatic N) is 3. The zero-order chi connectivity index (χ0) is 26.0. The highest BCUT2D eigenvalue weighted by Gasteiger charge is 2.32. The van der Waals surface area contributed by atoms with E-state index in [1.54, 1.807) is 20.3 Å². The van der Waals surface area contributed by atoms with Crippen molar-refractivity contribution in [3.8, 4) is 11.5 Å². The smallest absolute Gasteiger partial charge is 0.279 e. The van der Waals surface area contributed by atoms with Crippen LogP contribution in [0.2, 0.25) is 0 Å². The summed E-state index contributed by atoms with van der Waals surface area (Å²) in [5.41, 5.74) is 1.12. The van der Waals surface area contributed by atoms with Crippen LogP contribution in [0.1, 0.15) is 24.2 Å². The molecule has 0 radical (unpaired) electrons. The number of amides is 1. The summed E-state index contributed by atoms with van der Waals surface area (Å²) in [5, 5.41) is 0. The number of aromatic nitrogens is 1. The molecule has 1 saturated heterocycles. The molecule has 2 aromatic carbocycles. The minimum Gasteiger partial charge on any atom is -0.493 e. The van der Waals surface area contributed by atoms with Gasteiger partial charge >= 0.3 is 0 Å². The van der Waals surface area contributed by atoms with E-state index in [1.165, 1.54) is 39.9 Å². The Hall–Kier alpha value is -2.99. The highest BCUT2D eigenvalue weighted by molar-refractivity contribution is 7.89. The van der Waals surface area contributed by atoms with Gasteiger partial charge in [-0.15, -0.1) is 6.58 Å². The van der Waals surface area contributed by atoms with Gasteiger partial charge in [0.2, 0.25) is 10.0 Å². The fraction of sp³-hybridized carbons (Fsp3) is 0.360. The first kappa shape index (κ1) is 26.1. The summed E-state index contributed by atoms with van der Waals surface area (Å²) >= 11 is 1.34. The summed E-state index contributed by atoms with van der Waals surface area (Å²) in [7, 11) is -0.574. The SMILES string of the molecule is C=CCn1c(=NC(=O)c2ccc(S(=O)(=O)N3C[C@@H](C)O[C@H](C)C3)cc2)sc2cc(OC)c(OC)cc21. The average molecular weight is 532 g/mol. The van der Waals surface area contributed by atoms with E-state index in [0.29, 0.717) is 22.8 Å². The van der Waals surface area contributed by atoms with Gasteiger partial charge in [-0.2, -0.15) is 9.30 Å². The van der Waals surface area contributed by atoms with E-state index in [2.05, 4.69) is 11.6 Å². The van der Waals surface area contributed by atoms with Crippen LogP contribution >= 0.6 is 11.3 Å². The minimum absolute atomic E-state index is 0.128. The molecule has 1 fully saturated rings. The van der Waals surface area contributed by atoms with Crippen molar-refractivity contribution in [3.63, 3.8) is 0 Å². The maximum absolute atomic E-state index is 13.1. The van der Waals surface area contributed by atoms with E-state index in [1.807, 2.05) is 30.5 Å². The maximum Gasteiger partial charge on any atom is 0.279 e. The van der Waals surface area contributed by atoms with Gasteiger partial charge in [0, 0.05) is 37.3 Å². The maximum atomic E-state index is 13.1. The number of sulfonamides is 1. The van der Waals surface area contributed by atoms with Crippen LogP contribution in [0.3, 0.4) is 0 Å². The molecule has 192 valence electrons. The molecule has 3 aromatic rings. The largest absolute Gasteiger partial charge is 0.493 e. The quantitative estimate of drug-likeness (QED) is 0.433. The highest BCUT2D eigenvalue weighted by atomic mass is 32.2. The van der Waals surface area contributed by atoms with Crippen molar-refractivity contribution in [3.05, 3.63) is 59.4 Å². The van der Waals surface area contributed by atoms with E-state index >= 15 is 0 Å². The second-order valence-corrected chi connectivity index (χ2v) is 11.4. The van der Waals surface area contributed by atoms with E-state index in [9.17, 15) is 13.2 Å². The summed E-state index contributed by atoms with van der Waals surface area (Å²) in [5.74, 6) is 0.672. The predicted molar refractivity (Wildman–Crippen MR) is 138 cm³/mol. The van der Waals surface area contributed by atoms with Crippen molar-refractivity contribution in [1.82, 2.24) is 8.87 Å². The lowest BCUT2D eigenvalue weighted by molar-refractivity contribution is -0.0440. The lowest BCUT2D eigenvalue weighted by Gasteiger charge is -2.34. The van der Waals surface area contributed by atoms with Crippen LogP contribution in [-0.2, 0) is 21.3 Å². The van der Waals surface area contributed by atoms with Crippen LogP contribution in [0.4, 0.5) is 0 Å². The Bertz CT molecular complexity index is 1450. The van der Waals surface area contributed by atoms with Gasteiger partial charge in [-0.3, -0.25) is 4.79 Å². The molecule has 2 atom stereocenters. The third kappa shape index (κ3) is 5.10. The second-order valence-electron chi connectivity index (χ2n) is 8.48. The molecule has 1 aliphatic rings. The topological polar surface area (TPSA) is 99.4 Å². The summed E-state index contributed by atoms with van der Waals surface area (Å²) in [4.78, 5) is 18.0. The van der Waals surface area contributed by atoms with Crippen molar-refractivity contribution >= 4 is 37.5 Å². The molecule has 1 aliphatic heterocycles. The number of thiazole rings is 1. The molecule has 0 aliphatic carbocycles. The van der Waals surface area contributed by atoms with Crippen molar-refractivity contribution in [2.75, 3.05) is 27.3 Å². The van der Waals surface area contributed by atoms with Gasteiger partial charge in [-0.1, -0.05) is 17.4 Å². The van der Waals surface area contributed by atoms with Crippen molar-refractivity contribution in [1.29, 1.82) is 0 Å². The summed E-state index contributed by atoms with van der Waals surface area (Å²) in [6.07, 6.45) is 1.35. The molecule has 0 unspecified atom stereocenters. The molecule has 1 aromatic heterocycles. The predicted octanol–water partition coefficient (Wildman–Crippen LogP) is 3.45. The summed E-state index contributed by atoms with van der Waals surface area (Å²) in [6.45, 7) is 8.52. The van der Waals surface area contributed by atoms with Gasteiger partial charge in [0.05, 0.1) is 41.5 Å². The Labute approximate surface area is 214 Å². The van der Waals surface area contributed by atoms with Gasteiger partial charge < -0.3 is 18.8 Å². The average Bonchev–Trinajstić information content (AvgIpc) is 3.18. The molecule has 9 nitrogen and oxygen atoms in total. The Morgan fingerprint density at radius 1 is 1.14 bits per heavy atom. The number of rotatable bonds is 7. The first-order chi connectivity index (χ1) is 17.2. The van der Waals surface area contributed by atoms with Crippen LogP contribution in [0, 0.1) is 0 Å². The summed E-state index contributed by atoms with van der Waals surface area (Å²) < 4.78 is 46.8. The molecular weight excluding hydrogens is 502 g/mol. The van der Waals surface area contributed by atoms with Crippen molar-refractivity contribution in [2.45, 2.75) is 37.5 Å². The first-order valence-corrected chi connectivity index (χ1v) is 13.6. The van der Waals surface area contributed by atoms with E-state index < -0.39 is 15.9 Å². The Balaban J connectivity index is 1.67. The van der Waals surface area contributed by atoms with Gasteiger partial charge in [0.1, 0.15) is 0 Å². The van der Waals surface area contributed by atoms with Crippen LogP contribution in [0.15, 0.2) is 58.9 Å². The van der Waals surface area contributed by atoms with Gasteiger partial charge in [-0.05, 0) is 38.1 Å². The Morgan fingerprint density at radius 2 is 1.75 bits per heavy atom. The van der Waals surface area contributed by atoms with Gasteiger partial charge in [0.25, 0.3) is 5.91 Å². The van der Waals surface area contributed by atoms with E-state index in [4.69, 9.17) is 14.2 Å². The van der Waals surface area contributed by atoms with Crippen molar-refractivity contribution in [2.24, 2.45) is 4.99 Å². The molecule has 4 rings (SSSR count). The normalized spacial score (nSPS) is 19.4. The Kier molecular flexibility index (Phi) is 7.65. The summed E-state index contributed by atoms with van der Waals surface area (Å²) in [6, 6.07) is 9.55. The van der Waals surface area contributed by atoms with Crippen molar-refractivity contribution < 1.29 is 27.4 Å². The molecule has 0 N–H and O–H groups in total. The lowest BCUT2D eigenvalue weighted by Crippen LogP contribution is -2.48. The number of carbonyl (C=O) groups excluding carboxylic acids is 1. The highest BCUT2D eigenvalue weighted by Crippen LogP contribution is 2.33. The van der Waals surface area contributed by atoms with E-state index in [0.717, 1.165) is 10.2 Å². The molecule has 0 spiro atoms. The molecule has 36 heavy (non-hydrogen) atoms. The number of methoxy groups -OCH3 is 2. The third-order valence-corrected chi connectivity index (χ3v) is 8.71. The number of ether oxygens (including phenoxy) is 3. The molecular formula is C25H29N3O6S2.